The minimum absolute atomic E-state index is 0. The quantitative estimate of drug-likeness (QED) is 0.326. The molecule has 0 spiro atoms. The molecule has 0 N–H and O–H groups in total. The summed E-state index contributed by atoms with van der Waals surface area (Å²) in [5, 5.41) is 9.67. The molecule has 0 unspecified atom stereocenters. The SMILES string of the molecule is Cl.[O-][N+]1=CC=C1. The topological polar surface area (TPSA) is 26.1 Å². The Hall–Kier alpha value is -0.500. The molecule has 1 aliphatic rings. The maximum Gasteiger partial charge on any atom is 0.186 e. The van der Waals surface area contributed by atoms with Gasteiger partial charge in [0.25, 0.3) is 0 Å². The number of hydrogen-bond donors (Lipinski definition) is 0. The molecule has 6 heavy (non-hydrogen) atoms. The van der Waals surface area contributed by atoms with Crippen LogP contribution in [0.25, 0.3) is 0 Å². The van der Waals surface area contributed by atoms with E-state index in [0.717, 1.165) is 4.74 Å². The van der Waals surface area contributed by atoms with Crippen molar-refractivity contribution in [3.05, 3.63) is 17.5 Å². The summed E-state index contributed by atoms with van der Waals surface area (Å²) in [7, 11) is 0. The van der Waals surface area contributed by atoms with Crippen LogP contribution in [0.3, 0.4) is 0 Å². The van der Waals surface area contributed by atoms with Crippen molar-refractivity contribution in [2.24, 2.45) is 0 Å². The molecule has 1 rings (SSSR count). The predicted octanol–water partition coefficient (Wildman–Crippen LogP) is 0.517. The molecule has 0 amide bonds. The van der Waals surface area contributed by atoms with E-state index >= 15 is 0 Å². The van der Waals surface area contributed by atoms with Crippen molar-refractivity contribution >= 4 is 18.6 Å². The first-order valence-corrected chi connectivity index (χ1v) is 1.37. The van der Waals surface area contributed by atoms with E-state index in [1.807, 2.05) is 0 Å². The summed E-state index contributed by atoms with van der Waals surface area (Å²) < 4.78 is 0.750. The van der Waals surface area contributed by atoms with Crippen LogP contribution in [0.1, 0.15) is 0 Å². The highest BCUT2D eigenvalue weighted by Crippen LogP contribution is 1.79. The molecule has 0 aromatic rings. The summed E-state index contributed by atoms with van der Waals surface area (Å²) in [5.74, 6) is 0. The molecular formula is C3H4ClNO. The average molecular weight is 106 g/mol. The third kappa shape index (κ3) is 0.723. The molecule has 0 saturated carbocycles. The standard InChI is InChI=1S/C3H3NO.ClH/c5-4-2-1-3-4;/h1-3H;1H. The molecule has 0 atom stereocenters. The zero-order valence-electron chi connectivity index (χ0n) is 3.00. The third-order valence-electron chi connectivity index (χ3n) is 0.466. The Kier molecular flexibility index (Phi) is 1.67. The summed E-state index contributed by atoms with van der Waals surface area (Å²) >= 11 is 0. The Morgan fingerprint density at radius 2 is 1.83 bits per heavy atom. The zero-order chi connectivity index (χ0) is 3.70. The molecule has 0 radical (unpaired) electrons. The summed E-state index contributed by atoms with van der Waals surface area (Å²) in [6.45, 7) is 0. The second kappa shape index (κ2) is 1.82. The first-order chi connectivity index (χ1) is 2.39. The van der Waals surface area contributed by atoms with E-state index in [0.29, 0.717) is 0 Å². The van der Waals surface area contributed by atoms with Gasteiger partial charge in [0.05, 0.1) is 6.08 Å². The van der Waals surface area contributed by atoms with Crippen LogP contribution in [0, 0.1) is 5.21 Å². The van der Waals surface area contributed by atoms with Crippen LogP contribution in [0.15, 0.2) is 12.3 Å². The fourth-order valence-electron chi connectivity index (χ4n) is 0.156. The van der Waals surface area contributed by atoms with Gasteiger partial charge in [-0.2, -0.15) is 4.74 Å². The lowest BCUT2D eigenvalue weighted by Gasteiger charge is -1.95. The van der Waals surface area contributed by atoms with Gasteiger partial charge in [-0.3, -0.25) is 0 Å². The number of hydroxylamine groups is 1. The average Bonchev–Trinajstić information content (AvgIpc) is 1.30. The molecular weight excluding hydrogens is 101 g/mol. The lowest BCUT2D eigenvalue weighted by atomic mass is 10.6. The van der Waals surface area contributed by atoms with Crippen LogP contribution in [-0.4, -0.2) is 11.0 Å². The van der Waals surface area contributed by atoms with E-state index in [1.54, 1.807) is 6.08 Å². The van der Waals surface area contributed by atoms with Gasteiger partial charge < -0.3 is 5.21 Å². The predicted molar refractivity (Wildman–Crippen MR) is 26.1 cm³/mol. The van der Waals surface area contributed by atoms with Gasteiger partial charge in [-0.05, 0) is 0 Å². The minimum Gasteiger partial charge on any atom is -0.619 e. The normalized spacial score (nSPS) is 14.3. The molecule has 0 aliphatic carbocycles. The number of nitrogens with zero attached hydrogens (tertiary/aromatic N) is 1. The first-order valence-electron chi connectivity index (χ1n) is 1.37. The molecule has 2 nitrogen and oxygen atoms in total. The van der Waals surface area contributed by atoms with Gasteiger partial charge in [0.1, 0.15) is 0 Å². The summed E-state index contributed by atoms with van der Waals surface area (Å²) in [5.41, 5.74) is 0. The van der Waals surface area contributed by atoms with Crippen LogP contribution < -0.4 is 0 Å². The highest BCUT2D eigenvalue weighted by Gasteiger charge is 1.88. The van der Waals surface area contributed by atoms with Crippen molar-refractivity contribution in [3.63, 3.8) is 0 Å². The first kappa shape index (κ1) is 5.50. The highest BCUT2D eigenvalue weighted by atomic mass is 35.5. The maximum atomic E-state index is 9.67. The fourth-order valence-corrected chi connectivity index (χ4v) is 0.156. The van der Waals surface area contributed by atoms with Gasteiger partial charge in [0, 0.05) is 0 Å². The summed E-state index contributed by atoms with van der Waals surface area (Å²) in [4.78, 5) is 0. The van der Waals surface area contributed by atoms with Crippen molar-refractivity contribution in [1.82, 2.24) is 0 Å². The van der Waals surface area contributed by atoms with Crippen LogP contribution >= 0.6 is 12.4 Å². The van der Waals surface area contributed by atoms with Crippen molar-refractivity contribution in [2.75, 3.05) is 0 Å². The lowest BCUT2D eigenvalue weighted by molar-refractivity contribution is -0.383. The Bertz CT molecular complexity index is 97.0. The molecule has 0 bridgehead atoms. The Balaban J connectivity index is 0.000000250. The number of allylic oxidation sites excluding steroid dienone is 1. The number of hydrogen-bond acceptors (Lipinski definition) is 1. The van der Waals surface area contributed by atoms with E-state index in [9.17, 15) is 5.21 Å². The molecule has 1 aliphatic heterocycles. The molecule has 0 saturated heterocycles. The minimum atomic E-state index is 0. The van der Waals surface area contributed by atoms with Crippen molar-refractivity contribution < 1.29 is 4.74 Å². The van der Waals surface area contributed by atoms with E-state index < -0.39 is 0 Å². The zero-order valence-corrected chi connectivity index (χ0v) is 3.81. The second-order valence-corrected chi connectivity index (χ2v) is 0.850. The molecule has 0 fully saturated rings. The fraction of sp³-hybridized carbons (Fsp3) is 0. The van der Waals surface area contributed by atoms with Gasteiger partial charge >= 0.3 is 0 Å². The van der Waals surface area contributed by atoms with Gasteiger partial charge in [-0.1, -0.05) is 0 Å². The number of halogens is 1. The van der Waals surface area contributed by atoms with Crippen molar-refractivity contribution in [2.45, 2.75) is 0 Å². The van der Waals surface area contributed by atoms with Crippen LogP contribution in [0.2, 0.25) is 0 Å². The Morgan fingerprint density at radius 1 is 1.50 bits per heavy atom. The van der Waals surface area contributed by atoms with Crippen molar-refractivity contribution in [1.29, 1.82) is 0 Å². The monoisotopic (exact) mass is 105 g/mol. The molecule has 34 valence electrons. The Labute approximate surface area is 41.8 Å². The van der Waals surface area contributed by atoms with Crippen LogP contribution in [-0.2, 0) is 0 Å². The third-order valence-corrected chi connectivity index (χ3v) is 0.466. The number of rotatable bonds is 0. The van der Waals surface area contributed by atoms with Gasteiger partial charge in [0.2, 0.25) is 0 Å². The summed E-state index contributed by atoms with van der Waals surface area (Å²) in [6.07, 6.45) is 4.58. The second-order valence-electron chi connectivity index (χ2n) is 0.850. The van der Waals surface area contributed by atoms with Crippen LogP contribution in [0.5, 0.6) is 0 Å². The Morgan fingerprint density at radius 3 is 1.83 bits per heavy atom. The maximum absolute atomic E-state index is 9.67. The lowest BCUT2D eigenvalue weighted by Crippen LogP contribution is -2.00. The molecule has 1 heterocycles. The van der Waals surface area contributed by atoms with Crippen LogP contribution in [0.4, 0.5) is 0 Å². The molecule has 3 heteroatoms. The molecule has 0 aromatic carbocycles. The smallest absolute Gasteiger partial charge is 0.186 e. The van der Waals surface area contributed by atoms with E-state index in [-0.39, 0.29) is 12.4 Å². The largest absolute Gasteiger partial charge is 0.619 e. The van der Waals surface area contributed by atoms with Gasteiger partial charge in [0.15, 0.2) is 12.4 Å². The summed E-state index contributed by atoms with van der Waals surface area (Å²) in [6, 6.07) is 0. The van der Waals surface area contributed by atoms with E-state index in [2.05, 4.69) is 0 Å². The van der Waals surface area contributed by atoms with Gasteiger partial charge in [-0.15, -0.1) is 12.4 Å². The van der Waals surface area contributed by atoms with Crippen molar-refractivity contribution in [3.8, 4) is 0 Å². The van der Waals surface area contributed by atoms with Gasteiger partial charge in [-0.25, -0.2) is 0 Å². The van der Waals surface area contributed by atoms with E-state index in [1.165, 1.54) is 12.4 Å². The van der Waals surface area contributed by atoms with E-state index in [4.69, 9.17) is 0 Å². The highest BCUT2D eigenvalue weighted by molar-refractivity contribution is 5.85. The molecule has 0 aromatic heterocycles.